The Morgan fingerprint density at radius 3 is 2.63 bits per heavy atom. The lowest BCUT2D eigenvalue weighted by atomic mass is 9.90. The summed E-state index contributed by atoms with van der Waals surface area (Å²) in [6.45, 7) is 6.86. The molecule has 3 nitrogen and oxygen atoms in total. The van der Waals surface area contributed by atoms with Gasteiger partial charge in [-0.2, -0.15) is 0 Å². The summed E-state index contributed by atoms with van der Waals surface area (Å²) >= 11 is 0. The van der Waals surface area contributed by atoms with Crippen LogP contribution in [0.15, 0.2) is 24.3 Å². The molecule has 0 amide bonds. The number of hydrogen-bond acceptors (Lipinski definition) is 2. The van der Waals surface area contributed by atoms with Crippen LogP contribution in [-0.4, -0.2) is 29.1 Å². The van der Waals surface area contributed by atoms with Crippen molar-refractivity contribution in [3.05, 3.63) is 35.4 Å². The summed E-state index contributed by atoms with van der Waals surface area (Å²) < 4.78 is 0. The summed E-state index contributed by atoms with van der Waals surface area (Å²) in [6.07, 6.45) is 1.84. The second-order valence-corrected chi connectivity index (χ2v) is 5.69. The molecule has 0 saturated carbocycles. The van der Waals surface area contributed by atoms with E-state index in [0.717, 1.165) is 25.9 Å². The number of carboxylic acids is 1. The topological polar surface area (TPSA) is 40.5 Å². The van der Waals surface area contributed by atoms with Gasteiger partial charge in [0.2, 0.25) is 0 Å². The number of rotatable bonds is 4. The van der Waals surface area contributed by atoms with Crippen LogP contribution >= 0.6 is 0 Å². The maximum atomic E-state index is 11.2. The number of nitrogens with zero attached hydrogens (tertiary/aromatic N) is 1. The molecule has 0 aliphatic carbocycles. The first-order valence-corrected chi connectivity index (χ1v) is 7.12. The average molecular weight is 261 g/mol. The molecule has 2 rings (SSSR count). The van der Waals surface area contributed by atoms with Crippen molar-refractivity contribution in [2.24, 2.45) is 11.8 Å². The van der Waals surface area contributed by atoms with Gasteiger partial charge < -0.3 is 5.11 Å². The fourth-order valence-corrected chi connectivity index (χ4v) is 3.07. The van der Waals surface area contributed by atoms with Gasteiger partial charge in [0.05, 0.1) is 5.92 Å². The zero-order chi connectivity index (χ0) is 13.8. The molecular weight excluding hydrogens is 238 g/mol. The van der Waals surface area contributed by atoms with Gasteiger partial charge in [-0.25, -0.2) is 0 Å². The van der Waals surface area contributed by atoms with Crippen molar-refractivity contribution >= 4 is 5.97 Å². The number of piperidine rings is 1. The van der Waals surface area contributed by atoms with Gasteiger partial charge in [-0.1, -0.05) is 38.1 Å². The molecule has 1 aromatic rings. The molecule has 1 heterocycles. The summed E-state index contributed by atoms with van der Waals surface area (Å²) in [6, 6.07) is 8.46. The Morgan fingerprint density at radius 2 is 2.00 bits per heavy atom. The highest BCUT2D eigenvalue weighted by molar-refractivity contribution is 5.70. The minimum atomic E-state index is -0.652. The van der Waals surface area contributed by atoms with E-state index in [2.05, 4.69) is 43.0 Å². The number of hydrogen-bond donors (Lipinski definition) is 1. The standard InChI is InChI=1S/C16H23NO2/c1-3-13-6-4-5-7-14(13)10-17-9-12(2)8-15(11-17)16(18)19/h4-7,12,15H,3,8-11H2,1-2H3,(H,18,19). The van der Waals surface area contributed by atoms with E-state index in [4.69, 9.17) is 0 Å². The van der Waals surface area contributed by atoms with Gasteiger partial charge in [0, 0.05) is 19.6 Å². The van der Waals surface area contributed by atoms with Crippen molar-refractivity contribution in [2.75, 3.05) is 13.1 Å². The minimum absolute atomic E-state index is 0.211. The Balaban J connectivity index is 2.07. The SMILES string of the molecule is CCc1ccccc1CN1CC(C)CC(C(=O)O)C1. The lowest BCUT2D eigenvalue weighted by Crippen LogP contribution is -2.42. The molecule has 0 radical (unpaired) electrons. The van der Waals surface area contributed by atoms with E-state index < -0.39 is 5.97 Å². The summed E-state index contributed by atoms with van der Waals surface area (Å²) in [5.41, 5.74) is 2.70. The molecule has 1 aliphatic heterocycles. The number of carboxylic acid groups (broad SMARTS) is 1. The number of likely N-dealkylation sites (tertiary alicyclic amines) is 1. The summed E-state index contributed by atoms with van der Waals surface area (Å²) in [7, 11) is 0. The van der Waals surface area contributed by atoms with Gasteiger partial charge in [0.25, 0.3) is 0 Å². The number of aryl methyl sites for hydroxylation is 1. The smallest absolute Gasteiger partial charge is 0.307 e. The van der Waals surface area contributed by atoms with Crippen LogP contribution in [0.5, 0.6) is 0 Å². The maximum absolute atomic E-state index is 11.2. The van der Waals surface area contributed by atoms with Gasteiger partial charge in [-0.05, 0) is 29.9 Å². The van der Waals surface area contributed by atoms with Crippen molar-refractivity contribution in [3.63, 3.8) is 0 Å². The van der Waals surface area contributed by atoms with Crippen LogP contribution < -0.4 is 0 Å². The Morgan fingerprint density at radius 1 is 1.32 bits per heavy atom. The number of benzene rings is 1. The highest BCUT2D eigenvalue weighted by Crippen LogP contribution is 2.24. The molecule has 1 aromatic carbocycles. The second-order valence-electron chi connectivity index (χ2n) is 5.69. The zero-order valence-electron chi connectivity index (χ0n) is 11.8. The molecule has 1 aliphatic rings. The van der Waals surface area contributed by atoms with E-state index in [1.165, 1.54) is 11.1 Å². The van der Waals surface area contributed by atoms with Gasteiger partial charge in [0.1, 0.15) is 0 Å². The Kier molecular flexibility index (Phi) is 4.59. The van der Waals surface area contributed by atoms with Crippen molar-refractivity contribution in [2.45, 2.75) is 33.2 Å². The number of carbonyl (C=O) groups is 1. The predicted molar refractivity (Wildman–Crippen MR) is 76.0 cm³/mol. The quantitative estimate of drug-likeness (QED) is 0.906. The Labute approximate surface area is 115 Å². The van der Waals surface area contributed by atoms with Crippen molar-refractivity contribution in [1.82, 2.24) is 4.90 Å². The molecule has 1 N–H and O–H groups in total. The predicted octanol–water partition coefficient (Wildman–Crippen LogP) is 2.79. The van der Waals surface area contributed by atoms with Crippen LogP contribution in [0.1, 0.15) is 31.4 Å². The molecule has 1 fully saturated rings. The van der Waals surface area contributed by atoms with E-state index in [1.807, 2.05) is 0 Å². The largest absolute Gasteiger partial charge is 0.481 e. The van der Waals surface area contributed by atoms with E-state index in [-0.39, 0.29) is 5.92 Å². The average Bonchev–Trinajstić information content (AvgIpc) is 2.38. The Hall–Kier alpha value is -1.35. The van der Waals surface area contributed by atoms with Crippen LogP contribution in [0.4, 0.5) is 0 Å². The van der Waals surface area contributed by atoms with Crippen molar-refractivity contribution in [1.29, 1.82) is 0 Å². The highest BCUT2D eigenvalue weighted by atomic mass is 16.4. The lowest BCUT2D eigenvalue weighted by molar-refractivity contribution is -0.144. The molecule has 0 bridgehead atoms. The van der Waals surface area contributed by atoms with E-state index in [0.29, 0.717) is 12.5 Å². The molecule has 2 atom stereocenters. The monoisotopic (exact) mass is 261 g/mol. The van der Waals surface area contributed by atoms with Gasteiger partial charge in [-0.3, -0.25) is 9.69 Å². The van der Waals surface area contributed by atoms with Crippen LogP contribution in [0, 0.1) is 11.8 Å². The van der Waals surface area contributed by atoms with E-state index in [9.17, 15) is 9.90 Å². The summed E-state index contributed by atoms with van der Waals surface area (Å²) in [4.78, 5) is 13.5. The molecule has 0 aromatic heterocycles. The summed E-state index contributed by atoms with van der Waals surface area (Å²) in [5.74, 6) is -0.401. The van der Waals surface area contributed by atoms with Gasteiger partial charge in [-0.15, -0.1) is 0 Å². The molecule has 3 heteroatoms. The normalized spacial score (nSPS) is 24.3. The third-order valence-corrected chi connectivity index (χ3v) is 3.98. The minimum Gasteiger partial charge on any atom is -0.481 e. The van der Waals surface area contributed by atoms with Crippen LogP contribution in [-0.2, 0) is 17.8 Å². The van der Waals surface area contributed by atoms with Crippen molar-refractivity contribution < 1.29 is 9.90 Å². The fourth-order valence-electron chi connectivity index (χ4n) is 3.07. The van der Waals surface area contributed by atoms with Crippen LogP contribution in [0.2, 0.25) is 0 Å². The molecule has 1 saturated heterocycles. The first kappa shape index (κ1) is 14.1. The molecular formula is C16H23NO2. The first-order valence-electron chi connectivity index (χ1n) is 7.12. The fraction of sp³-hybridized carbons (Fsp3) is 0.562. The molecule has 2 unspecified atom stereocenters. The third-order valence-electron chi connectivity index (χ3n) is 3.98. The maximum Gasteiger partial charge on any atom is 0.307 e. The van der Waals surface area contributed by atoms with Gasteiger partial charge >= 0.3 is 5.97 Å². The van der Waals surface area contributed by atoms with Crippen LogP contribution in [0.25, 0.3) is 0 Å². The highest BCUT2D eigenvalue weighted by Gasteiger charge is 2.29. The lowest BCUT2D eigenvalue weighted by Gasteiger charge is -2.35. The van der Waals surface area contributed by atoms with Crippen LogP contribution in [0.3, 0.4) is 0 Å². The second kappa shape index (κ2) is 6.20. The van der Waals surface area contributed by atoms with E-state index >= 15 is 0 Å². The zero-order valence-corrected chi connectivity index (χ0v) is 11.8. The first-order chi connectivity index (χ1) is 9.10. The third kappa shape index (κ3) is 3.57. The van der Waals surface area contributed by atoms with Gasteiger partial charge in [0.15, 0.2) is 0 Å². The number of aliphatic carboxylic acids is 1. The molecule has 19 heavy (non-hydrogen) atoms. The van der Waals surface area contributed by atoms with Crippen molar-refractivity contribution in [3.8, 4) is 0 Å². The summed E-state index contributed by atoms with van der Waals surface area (Å²) in [5, 5.41) is 9.21. The molecule has 0 spiro atoms. The Bertz CT molecular complexity index is 444. The van der Waals surface area contributed by atoms with E-state index in [1.54, 1.807) is 0 Å². The molecule has 104 valence electrons.